The van der Waals surface area contributed by atoms with E-state index >= 15 is 0 Å². The van der Waals surface area contributed by atoms with Gasteiger partial charge in [-0.2, -0.15) is 0 Å². The van der Waals surface area contributed by atoms with Crippen LogP contribution in [-0.4, -0.2) is 39.3 Å². The summed E-state index contributed by atoms with van der Waals surface area (Å²) in [6.45, 7) is 10.7. The van der Waals surface area contributed by atoms with Crippen molar-refractivity contribution in [1.82, 2.24) is 0 Å². The summed E-state index contributed by atoms with van der Waals surface area (Å²) in [7, 11) is -1.20. The standard InChI is InChI=1S/C7H18OSi.C3H6O2/c1-5-7-9(3,4)8-6-2;4-1-3-2-5-3/h5-7H2,1-4H3;3-4H,1-2H2. The zero-order chi connectivity index (χ0) is 11.0. The molecule has 1 fully saturated rings. The molecule has 1 aliphatic heterocycles. The van der Waals surface area contributed by atoms with Crippen molar-refractivity contribution in [2.45, 2.75) is 45.5 Å². The van der Waals surface area contributed by atoms with E-state index in [0.29, 0.717) is 0 Å². The third-order valence-corrected chi connectivity index (χ3v) is 4.77. The van der Waals surface area contributed by atoms with Gasteiger partial charge in [-0.3, -0.25) is 0 Å². The van der Waals surface area contributed by atoms with Gasteiger partial charge in [0.1, 0.15) is 6.10 Å². The van der Waals surface area contributed by atoms with Crippen LogP contribution in [0.5, 0.6) is 0 Å². The van der Waals surface area contributed by atoms with E-state index < -0.39 is 8.32 Å². The molecule has 1 unspecified atom stereocenters. The van der Waals surface area contributed by atoms with Crippen molar-refractivity contribution in [2.75, 3.05) is 19.8 Å². The van der Waals surface area contributed by atoms with Gasteiger partial charge in [0.2, 0.25) is 0 Å². The van der Waals surface area contributed by atoms with E-state index in [2.05, 4.69) is 31.7 Å². The molecule has 0 bridgehead atoms. The molecule has 1 heterocycles. The van der Waals surface area contributed by atoms with Crippen molar-refractivity contribution in [3.8, 4) is 0 Å². The van der Waals surface area contributed by atoms with Crippen LogP contribution in [0.4, 0.5) is 0 Å². The lowest BCUT2D eigenvalue weighted by Crippen LogP contribution is -2.29. The minimum Gasteiger partial charge on any atom is -0.418 e. The fourth-order valence-corrected chi connectivity index (χ4v) is 3.37. The van der Waals surface area contributed by atoms with Gasteiger partial charge >= 0.3 is 0 Å². The Kier molecular flexibility index (Phi) is 7.45. The first kappa shape index (κ1) is 14.1. The molecule has 0 amide bonds. The van der Waals surface area contributed by atoms with Crippen molar-refractivity contribution < 1.29 is 14.3 Å². The fourth-order valence-electron chi connectivity index (χ4n) is 1.24. The summed E-state index contributed by atoms with van der Waals surface area (Å²) < 4.78 is 10.2. The highest BCUT2D eigenvalue weighted by atomic mass is 28.4. The Labute approximate surface area is 88.5 Å². The van der Waals surface area contributed by atoms with Crippen LogP contribution in [0.15, 0.2) is 0 Å². The number of rotatable bonds is 5. The Morgan fingerprint density at radius 1 is 1.43 bits per heavy atom. The number of hydrogen-bond donors (Lipinski definition) is 1. The molecule has 4 heteroatoms. The van der Waals surface area contributed by atoms with Crippen molar-refractivity contribution in [3.63, 3.8) is 0 Å². The smallest absolute Gasteiger partial charge is 0.186 e. The maximum atomic E-state index is 8.08. The average molecular weight is 220 g/mol. The van der Waals surface area contributed by atoms with Gasteiger partial charge in [-0.1, -0.05) is 13.3 Å². The van der Waals surface area contributed by atoms with Crippen molar-refractivity contribution in [3.05, 3.63) is 0 Å². The quantitative estimate of drug-likeness (QED) is 0.569. The van der Waals surface area contributed by atoms with Gasteiger partial charge in [-0.25, -0.2) is 0 Å². The predicted octanol–water partition coefficient (Wildman–Crippen LogP) is 2.02. The minimum atomic E-state index is -1.20. The van der Waals surface area contributed by atoms with Gasteiger partial charge in [0.05, 0.1) is 13.2 Å². The van der Waals surface area contributed by atoms with Crippen molar-refractivity contribution in [1.29, 1.82) is 0 Å². The summed E-state index contributed by atoms with van der Waals surface area (Å²) in [5, 5.41) is 8.08. The number of aliphatic hydroxyl groups is 1. The molecule has 0 saturated carbocycles. The van der Waals surface area contributed by atoms with E-state index in [-0.39, 0.29) is 12.7 Å². The highest BCUT2D eigenvalue weighted by Gasteiger charge is 2.20. The lowest BCUT2D eigenvalue weighted by molar-refractivity contribution is 0.244. The Hall–Kier alpha value is 0.0969. The van der Waals surface area contributed by atoms with E-state index in [1.807, 2.05) is 0 Å². The van der Waals surface area contributed by atoms with Gasteiger partial charge in [0.15, 0.2) is 8.32 Å². The molecule has 1 N–H and O–H groups in total. The van der Waals surface area contributed by atoms with E-state index in [4.69, 9.17) is 9.53 Å². The molecule has 0 aromatic rings. The van der Waals surface area contributed by atoms with Crippen molar-refractivity contribution >= 4 is 8.32 Å². The van der Waals surface area contributed by atoms with Crippen LogP contribution in [0.1, 0.15) is 20.3 Å². The summed E-state index contributed by atoms with van der Waals surface area (Å²) in [6, 6.07) is 1.29. The Morgan fingerprint density at radius 3 is 2.21 bits per heavy atom. The topological polar surface area (TPSA) is 42.0 Å². The second-order valence-corrected chi connectivity index (χ2v) is 8.39. The second-order valence-electron chi connectivity index (χ2n) is 4.08. The van der Waals surface area contributed by atoms with Crippen LogP contribution in [0, 0.1) is 0 Å². The number of ether oxygens (including phenoxy) is 1. The molecule has 14 heavy (non-hydrogen) atoms. The predicted molar refractivity (Wildman–Crippen MR) is 61.0 cm³/mol. The van der Waals surface area contributed by atoms with Crippen LogP contribution >= 0.6 is 0 Å². The van der Waals surface area contributed by atoms with E-state index in [9.17, 15) is 0 Å². The summed E-state index contributed by atoms with van der Waals surface area (Å²) in [6.07, 6.45) is 1.45. The first-order valence-electron chi connectivity index (χ1n) is 5.42. The van der Waals surface area contributed by atoms with E-state index in [1.165, 1.54) is 12.5 Å². The normalized spacial score (nSPS) is 19.9. The molecule has 1 saturated heterocycles. The van der Waals surface area contributed by atoms with Crippen molar-refractivity contribution in [2.24, 2.45) is 0 Å². The largest absolute Gasteiger partial charge is 0.418 e. The van der Waals surface area contributed by atoms with Crippen LogP contribution in [-0.2, 0) is 9.16 Å². The first-order chi connectivity index (χ1) is 6.55. The number of hydrogen-bond acceptors (Lipinski definition) is 3. The summed E-state index contributed by atoms with van der Waals surface area (Å²) in [5.74, 6) is 0. The molecule has 0 spiro atoms. The molecule has 0 aliphatic carbocycles. The van der Waals surface area contributed by atoms with E-state index in [0.717, 1.165) is 13.2 Å². The maximum Gasteiger partial charge on any atom is 0.186 e. The lowest BCUT2D eigenvalue weighted by Gasteiger charge is -2.20. The van der Waals surface area contributed by atoms with Crippen LogP contribution in [0.2, 0.25) is 19.1 Å². The monoisotopic (exact) mass is 220 g/mol. The molecule has 1 aliphatic rings. The third-order valence-electron chi connectivity index (χ3n) is 1.99. The lowest BCUT2D eigenvalue weighted by atomic mass is 10.5. The Balaban J connectivity index is 0.000000280. The fraction of sp³-hybridized carbons (Fsp3) is 1.00. The molecular weight excluding hydrogens is 196 g/mol. The SMILES string of the molecule is CCC[Si](C)(C)OCC.OCC1CO1. The van der Waals surface area contributed by atoms with Gasteiger partial charge in [0, 0.05) is 6.61 Å². The highest BCUT2D eigenvalue weighted by molar-refractivity contribution is 6.71. The van der Waals surface area contributed by atoms with Crippen LogP contribution < -0.4 is 0 Å². The van der Waals surface area contributed by atoms with E-state index in [1.54, 1.807) is 0 Å². The highest BCUT2D eigenvalue weighted by Crippen LogP contribution is 2.12. The van der Waals surface area contributed by atoms with Gasteiger partial charge in [-0.05, 0) is 26.1 Å². The summed E-state index contributed by atoms with van der Waals surface area (Å²) >= 11 is 0. The number of epoxide rings is 1. The molecule has 0 aromatic carbocycles. The third kappa shape index (κ3) is 8.68. The molecule has 86 valence electrons. The summed E-state index contributed by atoms with van der Waals surface area (Å²) in [5.41, 5.74) is 0. The zero-order valence-electron chi connectivity index (χ0n) is 9.88. The zero-order valence-corrected chi connectivity index (χ0v) is 10.9. The second kappa shape index (κ2) is 7.40. The maximum absolute atomic E-state index is 8.08. The molecule has 0 aromatic heterocycles. The van der Waals surface area contributed by atoms with Crippen LogP contribution in [0.3, 0.4) is 0 Å². The average Bonchev–Trinajstić information content (AvgIpc) is 2.87. The van der Waals surface area contributed by atoms with Crippen LogP contribution in [0.25, 0.3) is 0 Å². The summed E-state index contributed by atoms with van der Waals surface area (Å²) in [4.78, 5) is 0. The molecule has 1 atom stereocenters. The molecule has 0 radical (unpaired) electrons. The molecule has 3 nitrogen and oxygen atoms in total. The van der Waals surface area contributed by atoms with Gasteiger partial charge in [0.25, 0.3) is 0 Å². The first-order valence-corrected chi connectivity index (χ1v) is 8.53. The Bertz CT molecular complexity index is 127. The van der Waals surface area contributed by atoms with Gasteiger partial charge < -0.3 is 14.3 Å². The molecular formula is C10H24O3Si. The molecule has 1 rings (SSSR count). The number of aliphatic hydroxyl groups excluding tert-OH is 1. The van der Waals surface area contributed by atoms with Gasteiger partial charge in [-0.15, -0.1) is 0 Å². The minimum absolute atomic E-state index is 0.190. The Morgan fingerprint density at radius 2 is 2.00 bits per heavy atom.